The first-order chi connectivity index (χ1) is 9.15. The molecule has 1 aromatic carbocycles. The zero-order chi connectivity index (χ0) is 13.4. The fourth-order valence-electron chi connectivity index (χ4n) is 1.74. The quantitative estimate of drug-likeness (QED) is 0.711. The molecule has 0 bridgehead atoms. The van der Waals surface area contributed by atoms with Crippen LogP contribution < -0.4 is 10.5 Å². The lowest BCUT2D eigenvalue weighted by Crippen LogP contribution is -1.96. The van der Waals surface area contributed by atoms with Crippen LogP contribution in [0.3, 0.4) is 0 Å². The van der Waals surface area contributed by atoms with Crippen LogP contribution in [0.15, 0.2) is 30.7 Å². The highest BCUT2D eigenvalue weighted by Crippen LogP contribution is 2.30. The predicted octanol–water partition coefficient (Wildman–Crippen LogP) is 1.88. The molecule has 0 saturated heterocycles. The van der Waals surface area contributed by atoms with E-state index in [0.717, 1.165) is 0 Å². The van der Waals surface area contributed by atoms with Gasteiger partial charge in [-0.25, -0.2) is 14.4 Å². The van der Waals surface area contributed by atoms with Crippen LogP contribution in [0.4, 0.5) is 10.1 Å². The van der Waals surface area contributed by atoms with Crippen molar-refractivity contribution in [1.82, 2.24) is 19.7 Å². The van der Waals surface area contributed by atoms with Gasteiger partial charge < -0.3 is 10.5 Å². The number of hydrogen-bond acceptors (Lipinski definition) is 5. The lowest BCUT2D eigenvalue weighted by Gasteiger charge is -2.07. The molecule has 2 heterocycles. The first kappa shape index (κ1) is 11.4. The van der Waals surface area contributed by atoms with Gasteiger partial charge in [0.05, 0.1) is 11.9 Å². The van der Waals surface area contributed by atoms with Crippen LogP contribution in [-0.4, -0.2) is 19.7 Å². The lowest BCUT2D eigenvalue weighted by molar-refractivity contribution is 0.469. The third-order valence-corrected chi connectivity index (χ3v) is 2.67. The maximum absolute atomic E-state index is 13.0. The molecule has 0 aliphatic carbocycles. The number of nitrogens with two attached hydrogens (primary N) is 1. The van der Waals surface area contributed by atoms with Crippen LogP contribution in [0.5, 0.6) is 11.6 Å². The van der Waals surface area contributed by atoms with Crippen LogP contribution >= 0.6 is 0 Å². The Balaban J connectivity index is 2.06. The van der Waals surface area contributed by atoms with Crippen molar-refractivity contribution >= 4 is 16.7 Å². The number of fused-ring (bicyclic) bond motifs is 1. The minimum atomic E-state index is -0.418. The van der Waals surface area contributed by atoms with E-state index < -0.39 is 5.82 Å². The second-order valence-electron chi connectivity index (χ2n) is 3.97. The highest BCUT2D eigenvalue weighted by molar-refractivity contribution is 5.80. The van der Waals surface area contributed by atoms with E-state index in [4.69, 9.17) is 10.5 Å². The monoisotopic (exact) mass is 259 g/mol. The van der Waals surface area contributed by atoms with Crippen molar-refractivity contribution < 1.29 is 9.13 Å². The maximum Gasteiger partial charge on any atom is 0.233 e. The molecule has 3 aromatic rings. The Bertz CT molecular complexity index is 755. The number of halogens is 1. The molecule has 7 heteroatoms. The number of hydrogen-bond donors (Lipinski definition) is 1. The smallest absolute Gasteiger partial charge is 0.233 e. The number of nitrogen functional groups attached to an aromatic ring is 1. The molecule has 2 aromatic heterocycles. The van der Waals surface area contributed by atoms with Gasteiger partial charge in [0.1, 0.15) is 17.5 Å². The number of aryl methyl sites for hydroxylation is 1. The third kappa shape index (κ3) is 1.95. The van der Waals surface area contributed by atoms with Crippen LogP contribution in [0, 0.1) is 5.82 Å². The van der Waals surface area contributed by atoms with Crippen molar-refractivity contribution in [3.63, 3.8) is 0 Å². The first-order valence-electron chi connectivity index (χ1n) is 5.51. The molecule has 0 fully saturated rings. The average molecular weight is 259 g/mol. The molecule has 0 radical (unpaired) electrons. The Morgan fingerprint density at radius 1 is 1.32 bits per heavy atom. The number of aromatic nitrogens is 4. The molecule has 0 atom stereocenters. The molecule has 0 unspecified atom stereocenters. The van der Waals surface area contributed by atoms with Crippen LogP contribution in [0.2, 0.25) is 0 Å². The molecule has 96 valence electrons. The highest BCUT2D eigenvalue weighted by atomic mass is 19.1. The summed E-state index contributed by atoms with van der Waals surface area (Å²) in [6.45, 7) is 0. The minimum Gasteiger partial charge on any atom is -0.436 e. The predicted molar refractivity (Wildman–Crippen MR) is 67.2 cm³/mol. The largest absolute Gasteiger partial charge is 0.436 e. The van der Waals surface area contributed by atoms with E-state index in [1.807, 2.05) is 0 Å². The highest BCUT2D eigenvalue weighted by Gasteiger charge is 2.11. The van der Waals surface area contributed by atoms with Crippen LogP contribution in [0.1, 0.15) is 0 Å². The average Bonchev–Trinajstić information content (AvgIpc) is 2.76. The van der Waals surface area contributed by atoms with Gasteiger partial charge in [-0.05, 0) is 12.1 Å². The van der Waals surface area contributed by atoms with E-state index in [9.17, 15) is 4.39 Å². The molecule has 19 heavy (non-hydrogen) atoms. The molecule has 6 nitrogen and oxygen atoms in total. The third-order valence-electron chi connectivity index (χ3n) is 2.67. The molecular formula is C12H10FN5O. The Labute approximate surface area is 107 Å². The summed E-state index contributed by atoms with van der Waals surface area (Å²) in [7, 11) is 1.77. The molecule has 3 rings (SSSR count). The number of anilines is 1. The topological polar surface area (TPSA) is 78.9 Å². The lowest BCUT2D eigenvalue weighted by atomic mass is 10.3. The zero-order valence-corrected chi connectivity index (χ0v) is 10.0. The van der Waals surface area contributed by atoms with Crippen molar-refractivity contribution in [1.29, 1.82) is 0 Å². The summed E-state index contributed by atoms with van der Waals surface area (Å²) in [5.41, 5.74) is 6.54. The Morgan fingerprint density at radius 2 is 2.16 bits per heavy atom. The normalized spacial score (nSPS) is 10.8. The van der Waals surface area contributed by atoms with Crippen molar-refractivity contribution in [2.24, 2.45) is 7.05 Å². The summed E-state index contributed by atoms with van der Waals surface area (Å²) in [5, 5.41) is 4.74. The second kappa shape index (κ2) is 4.20. The van der Waals surface area contributed by atoms with Crippen LogP contribution in [-0.2, 0) is 7.05 Å². The van der Waals surface area contributed by atoms with Gasteiger partial charge in [-0.1, -0.05) is 0 Å². The summed E-state index contributed by atoms with van der Waals surface area (Å²) < 4.78 is 20.2. The van der Waals surface area contributed by atoms with Gasteiger partial charge in [0, 0.05) is 13.1 Å². The van der Waals surface area contributed by atoms with Crippen molar-refractivity contribution in [2.75, 3.05) is 5.73 Å². The van der Waals surface area contributed by atoms with E-state index in [0.29, 0.717) is 22.7 Å². The summed E-state index contributed by atoms with van der Waals surface area (Å²) >= 11 is 0. The minimum absolute atomic E-state index is 0.204. The van der Waals surface area contributed by atoms with E-state index in [1.54, 1.807) is 17.9 Å². The van der Waals surface area contributed by atoms with Crippen molar-refractivity contribution in [2.45, 2.75) is 0 Å². The molecule has 0 aliphatic heterocycles. The standard InChI is InChI=1S/C12H10FN5O/c1-18-11-8(5-17-18)12(16-6-15-11)19-10-3-2-7(13)4-9(10)14/h2-6H,14H2,1H3. The summed E-state index contributed by atoms with van der Waals surface area (Å²) in [6.07, 6.45) is 2.98. The SMILES string of the molecule is Cn1ncc2c(Oc3ccc(F)cc3N)ncnc21. The van der Waals surface area contributed by atoms with Gasteiger partial charge in [0.2, 0.25) is 5.88 Å². The van der Waals surface area contributed by atoms with E-state index in [2.05, 4.69) is 15.1 Å². The van der Waals surface area contributed by atoms with Crippen LogP contribution in [0.25, 0.3) is 11.0 Å². The fraction of sp³-hybridized carbons (Fsp3) is 0.0833. The van der Waals surface area contributed by atoms with E-state index >= 15 is 0 Å². The second-order valence-corrected chi connectivity index (χ2v) is 3.97. The van der Waals surface area contributed by atoms with E-state index in [1.165, 1.54) is 24.5 Å². The molecule has 0 amide bonds. The van der Waals surface area contributed by atoms with Gasteiger partial charge in [0.25, 0.3) is 0 Å². The van der Waals surface area contributed by atoms with Gasteiger partial charge in [-0.15, -0.1) is 0 Å². The number of benzene rings is 1. The number of nitrogens with zero attached hydrogens (tertiary/aromatic N) is 4. The molecule has 0 aliphatic rings. The number of ether oxygens (including phenoxy) is 1. The van der Waals surface area contributed by atoms with Gasteiger partial charge in [-0.3, -0.25) is 4.68 Å². The number of rotatable bonds is 2. The van der Waals surface area contributed by atoms with Gasteiger partial charge in [-0.2, -0.15) is 5.10 Å². The molecule has 0 spiro atoms. The summed E-state index contributed by atoms with van der Waals surface area (Å²) in [6, 6.07) is 3.92. The van der Waals surface area contributed by atoms with E-state index in [-0.39, 0.29) is 5.69 Å². The van der Waals surface area contributed by atoms with Crippen molar-refractivity contribution in [3.8, 4) is 11.6 Å². The Hall–Kier alpha value is -2.70. The summed E-state index contributed by atoms with van der Waals surface area (Å²) in [5.74, 6) is 0.251. The maximum atomic E-state index is 13.0. The van der Waals surface area contributed by atoms with Gasteiger partial charge in [0.15, 0.2) is 11.4 Å². The fourth-order valence-corrected chi connectivity index (χ4v) is 1.74. The zero-order valence-electron chi connectivity index (χ0n) is 10.0. The molecular weight excluding hydrogens is 249 g/mol. The Kier molecular flexibility index (Phi) is 2.52. The Morgan fingerprint density at radius 3 is 2.95 bits per heavy atom. The molecule has 0 saturated carbocycles. The first-order valence-corrected chi connectivity index (χ1v) is 5.51. The summed E-state index contributed by atoms with van der Waals surface area (Å²) in [4.78, 5) is 8.14. The van der Waals surface area contributed by atoms with Gasteiger partial charge >= 0.3 is 0 Å². The van der Waals surface area contributed by atoms with Crippen molar-refractivity contribution in [3.05, 3.63) is 36.5 Å². The molecule has 2 N–H and O–H groups in total.